The Morgan fingerprint density at radius 2 is 1.79 bits per heavy atom. The average Bonchev–Trinajstić information content (AvgIpc) is 2.23. The first-order valence-electron chi connectivity index (χ1n) is 6.76. The van der Waals surface area contributed by atoms with Gasteiger partial charge >= 0.3 is 6.03 Å². The van der Waals surface area contributed by atoms with E-state index in [1.54, 1.807) is 0 Å². The molecule has 19 heavy (non-hydrogen) atoms. The molecule has 0 bridgehead atoms. The van der Waals surface area contributed by atoms with Crippen molar-refractivity contribution in [3.05, 3.63) is 0 Å². The molecule has 0 radical (unpaired) electrons. The van der Waals surface area contributed by atoms with Crippen LogP contribution in [0.3, 0.4) is 0 Å². The highest BCUT2D eigenvalue weighted by atomic mass is 16.2. The lowest BCUT2D eigenvalue weighted by atomic mass is 10.0. The Morgan fingerprint density at radius 3 is 2.26 bits per heavy atom. The Morgan fingerprint density at radius 1 is 1.21 bits per heavy atom. The number of carbonyl (C=O) groups is 2. The summed E-state index contributed by atoms with van der Waals surface area (Å²) in [6.45, 7) is 8.75. The first-order chi connectivity index (χ1) is 8.72. The second-order valence-corrected chi connectivity index (χ2v) is 5.61. The maximum Gasteiger partial charge on any atom is 0.321 e. The zero-order valence-electron chi connectivity index (χ0n) is 12.7. The normalized spacial score (nSPS) is 12.9. The summed E-state index contributed by atoms with van der Waals surface area (Å²) < 4.78 is 0. The molecule has 0 heterocycles. The van der Waals surface area contributed by atoms with Gasteiger partial charge in [0.15, 0.2) is 0 Å². The van der Waals surface area contributed by atoms with Crippen LogP contribution in [0.2, 0.25) is 0 Å². The van der Waals surface area contributed by atoms with Gasteiger partial charge in [-0.15, -0.1) is 0 Å². The smallest absolute Gasteiger partial charge is 0.321 e. The minimum Gasteiger partial charge on any atom is -0.336 e. The van der Waals surface area contributed by atoms with E-state index in [0.29, 0.717) is 5.92 Å². The van der Waals surface area contributed by atoms with Gasteiger partial charge in [0.05, 0.1) is 6.54 Å². The van der Waals surface area contributed by atoms with Crippen LogP contribution in [0.25, 0.3) is 0 Å². The molecule has 0 aliphatic rings. The van der Waals surface area contributed by atoms with Gasteiger partial charge in [0, 0.05) is 12.1 Å². The van der Waals surface area contributed by atoms with E-state index in [9.17, 15) is 9.59 Å². The predicted molar refractivity (Wildman–Crippen MR) is 76.7 cm³/mol. The van der Waals surface area contributed by atoms with Crippen LogP contribution in [-0.2, 0) is 4.79 Å². The van der Waals surface area contributed by atoms with Gasteiger partial charge in [0.25, 0.3) is 0 Å². The van der Waals surface area contributed by atoms with Crippen LogP contribution < -0.4 is 16.4 Å². The fourth-order valence-corrected chi connectivity index (χ4v) is 1.49. The third-order valence-electron chi connectivity index (χ3n) is 2.79. The van der Waals surface area contributed by atoms with Gasteiger partial charge in [0.2, 0.25) is 5.91 Å². The van der Waals surface area contributed by atoms with Crippen LogP contribution in [0.5, 0.6) is 0 Å². The number of hydrogen-bond acceptors (Lipinski definition) is 4. The van der Waals surface area contributed by atoms with E-state index in [0.717, 1.165) is 13.0 Å². The second-order valence-electron chi connectivity index (χ2n) is 5.61. The molecule has 0 aliphatic heterocycles. The Kier molecular flexibility index (Phi) is 8.34. The molecule has 112 valence electrons. The van der Waals surface area contributed by atoms with E-state index in [-0.39, 0.29) is 24.5 Å². The van der Waals surface area contributed by atoms with Gasteiger partial charge in [-0.3, -0.25) is 15.0 Å². The number of rotatable bonds is 7. The molecule has 6 nitrogen and oxygen atoms in total. The summed E-state index contributed by atoms with van der Waals surface area (Å²) in [4.78, 5) is 24.8. The molecule has 0 saturated heterocycles. The maximum absolute atomic E-state index is 11.6. The number of nitrogens with zero attached hydrogens (tertiary/aromatic N) is 1. The molecule has 6 heteroatoms. The van der Waals surface area contributed by atoms with Crippen LogP contribution in [0, 0.1) is 5.92 Å². The van der Waals surface area contributed by atoms with Gasteiger partial charge in [-0.05, 0) is 39.8 Å². The molecule has 1 atom stereocenters. The molecule has 0 fully saturated rings. The van der Waals surface area contributed by atoms with E-state index in [1.807, 2.05) is 25.8 Å². The third kappa shape index (κ3) is 9.44. The summed E-state index contributed by atoms with van der Waals surface area (Å²) in [6, 6.07) is -0.309. The molecule has 0 saturated carbocycles. The van der Waals surface area contributed by atoms with Crippen molar-refractivity contribution in [1.82, 2.24) is 15.5 Å². The molecule has 0 aliphatic carbocycles. The maximum atomic E-state index is 11.6. The summed E-state index contributed by atoms with van der Waals surface area (Å²) in [7, 11) is 1.84. The van der Waals surface area contributed by atoms with Crippen molar-refractivity contribution >= 4 is 11.9 Å². The van der Waals surface area contributed by atoms with Gasteiger partial charge in [-0.1, -0.05) is 13.8 Å². The van der Waals surface area contributed by atoms with Crippen molar-refractivity contribution in [3.8, 4) is 0 Å². The number of imide groups is 1. The fourth-order valence-electron chi connectivity index (χ4n) is 1.49. The first kappa shape index (κ1) is 17.9. The molecule has 1 unspecified atom stereocenters. The summed E-state index contributed by atoms with van der Waals surface area (Å²) in [6.07, 6.45) is 0.833. The predicted octanol–water partition coefficient (Wildman–Crippen LogP) is 0.526. The molecular weight excluding hydrogens is 244 g/mol. The lowest BCUT2D eigenvalue weighted by Gasteiger charge is -2.20. The minimum atomic E-state index is -0.452. The monoisotopic (exact) mass is 272 g/mol. The molecule has 0 rings (SSSR count). The number of nitrogens with one attached hydrogen (secondary N) is 2. The van der Waals surface area contributed by atoms with Gasteiger partial charge in [0.1, 0.15) is 0 Å². The Balaban J connectivity index is 3.89. The van der Waals surface area contributed by atoms with Crippen molar-refractivity contribution in [2.24, 2.45) is 11.7 Å². The third-order valence-corrected chi connectivity index (χ3v) is 2.79. The largest absolute Gasteiger partial charge is 0.336 e. The molecule has 3 amide bonds. The fraction of sp³-hybridized carbons (Fsp3) is 0.846. The van der Waals surface area contributed by atoms with Crippen molar-refractivity contribution in [3.63, 3.8) is 0 Å². The minimum absolute atomic E-state index is 0.00886. The average molecular weight is 272 g/mol. The number of nitrogens with two attached hydrogens (primary N) is 1. The van der Waals surface area contributed by atoms with Gasteiger partial charge in [-0.25, -0.2) is 4.79 Å². The number of carbonyl (C=O) groups excluding carboxylic acids is 2. The summed E-state index contributed by atoms with van der Waals surface area (Å²) >= 11 is 0. The highest BCUT2D eigenvalue weighted by Crippen LogP contribution is 2.03. The lowest BCUT2D eigenvalue weighted by molar-refractivity contribution is -0.120. The first-order valence-corrected chi connectivity index (χ1v) is 6.76. The standard InChI is InChI=1S/C13H28N4O2/c1-9(2)11(14)6-7-17(5)8-12(18)16-13(19)15-10(3)4/h9-11H,6-8,14H2,1-5H3,(H2,15,16,18,19). The summed E-state index contributed by atoms with van der Waals surface area (Å²) in [5.74, 6) is 0.123. The molecule has 0 spiro atoms. The zero-order chi connectivity index (χ0) is 15.0. The number of amides is 3. The molecule has 0 aromatic rings. The highest BCUT2D eigenvalue weighted by molar-refractivity contribution is 5.95. The van der Waals surface area contributed by atoms with Crippen LogP contribution in [0.15, 0.2) is 0 Å². The Labute approximate surface area is 116 Å². The van der Waals surface area contributed by atoms with Crippen LogP contribution in [-0.4, -0.2) is 49.1 Å². The van der Waals surface area contributed by atoms with E-state index in [2.05, 4.69) is 24.5 Å². The van der Waals surface area contributed by atoms with Crippen LogP contribution in [0.1, 0.15) is 34.1 Å². The quantitative estimate of drug-likeness (QED) is 0.631. The van der Waals surface area contributed by atoms with Crippen LogP contribution in [0.4, 0.5) is 4.79 Å². The Hall–Kier alpha value is -1.14. The summed E-state index contributed by atoms with van der Waals surface area (Å²) in [5.41, 5.74) is 5.94. The number of urea groups is 1. The van der Waals surface area contributed by atoms with Crippen LogP contribution >= 0.6 is 0 Å². The Bertz CT molecular complexity index is 292. The van der Waals surface area contributed by atoms with E-state index in [4.69, 9.17) is 5.73 Å². The van der Waals surface area contributed by atoms with Crippen molar-refractivity contribution in [1.29, 1.82) is 0 Å². The highest BCUT2D eigenvalue weighted by Gasteiger charge is 2.13. The molecule has 0 aromatic carbocycles. The van der Waals surface area contributed by atoms with Gasteiger partial charge in [-0.2, -0.15) is 0 Å². The molecular formula is C13H28N4O2. The SMILES string of the molecule is CC(C)NC(=O)NC(=O)CN(C)CCC(N)C(C)C. The zero-order valence-corrected chi connectivity index (χ0v) is 12.7. The molecule has 4 N–H and O–H groups in total. The number of hydrogen-bond donors (Lipinski definition) is 3. The number of likely N-dealkylation sites (N-methyl/N-ethyl adjacent to an activating group) is 1. The second kappa shape index (κ2) is 8.87. The van der Waals surface area contributed by atoms with Crippen molar-refractivity contribution < 1.29 is 9.59 Å². The van der Waals surface area contributed by atoms with E-state index >= 15 is 0 Å². The summed E-state index contributed by atoms with van der Waals surface area (Å²) in [5, 5.41) is 4.89. The van der Waals surface area contributed by atoms with Crippen molar-refractivity contribution in [2.75, 3.05) is 20.1 Å². The molecule has 0 aromatic heterocycles. The van der Waals surface area contributed by atoms with E-state index < -0.39 is 6.03 Å². The van der Waals surface area contributed by atoms with Gasteiger partial charge < -0.3 is 11.1 Å². The van der Waals surface area contributed by atoms with E-state index in [1.165, 1.54) is 0 Å². The topological polar surface area (TPSA) is 87.5 Å². The van der Waals surface area contributed by atoms with Crippen molar-refractivity contribution in [2.45, 2.75) is 46.2 Å². The lowest BCUT2D eigenvalue weighted by Crippen LogP contribution is -2.46.